The van der Waals surface area contributed by atoms with Crippen molar-refractivity contribution in [3.05, 3.63) is 58.9 Å². The number of anilines is 1. The highest BCUT2D eigenvalue weighted by atomic mass is 19.1. The number of rotatable bonds is 8. The summed E-state index contributed by atoms with van der Waals surface area (Å²) < 4.78 is 19.4. The van der Waals surface area contributed by atoms with Gasteiger partial charge in [-0.1, -0.05) is 20.8 Å². The number of fused-ring (bicyclic) bond motifs is 2. The zero-order valence-electron chi connectivity index (χ0n) is 21.7. The van der Waals surface area contributed by atoms with E-state index >= 15 is 0 Å². The van der Waals surface area contributed by atoms with Crippen molar-refractivity contribution in [2.24, 2.45) is 11.8 Å². The minimum atomic E-state index is -0.456. The molecule has 11 heteroatoms. The molecule has 4 aromatic heterocycles. The molecule has 0 unspecified atom stereocenters. The van der Waals surface area contributed by atoms with Crippen LogP contribution >= 0.6 is 0 Å². The summed E-state index contributed by atoms with van der Waals surface area (Å²) in [6.07, 6.45) is 7.85. The Morgan fingerprint density at radius 1 is 1.21 bits per heavy atom. The highest BCUT2D eigenvalue weighted by Gasteiger charge is 2.30. The first-order valence-corrected chi connectivity index (χ1v) is 13.1. The van der Waals surface area contributed by atoms with Gasteiger partial charge in [-0.05, 0) is 49.3 Å². The molecule has 4 heterocycles. The average Bonchev–Trinajstić information content (AvgIpc) is 3.45. The third kappa shape index (κ3) is 4.21. The van der Waals surface area contributed by atoms with Gasteiger partial charge >= 0.3 is 0 Å². The van der Waals surface area contributed by atoms with Crippen LogP contribution in [0, 0.1) is 17.7 Å². The van der Waals surface area contributed by atoms with Gasteiger partial charge in [-0.25, -0.2) is 24.0 Å². The lowest BCUT2D eigenvalue weighted by molar-refractivity contribution is 0.449. The maximum absolute atomic E-state index is 14.0. The van der Waals surface area contributed by atoms with E-state index in [4.69, 9.17) is 15.8 Å². The number of hydrogen-bond donors (Lipinski definition) is 1. The second-order valence-electron chi connectivity index (χ2n) is 10.5. The maximum Gasteiger partial charge on any atom is 0.261 e. The van der Waals surface area contributed by atoms with Crippen LogP contribution in [0.3, 0.4) is 0 Å². The topological polar surface area (TPSA) is 122 Å². The number of nitrogen functional groups attached to an aromatic ring is 1. The summed E-state index contributed by atoms with van der Waals surface area (Å²) in [6, 6.07) is 3.74. The Hall–Kier alpha value is -4.15. The summed E-state index contributed by atoms with van der Waals surface area (Å²) in [5, 5.41) is 10.4. The van der Waals surface area contributed by atoms with Crippen LogP contribution in [0.5, 0.6) is 0 Å². The smallest absolute Gasteiger partial charge is 0.261 e. The molecule has 0 bridgehead atoms. The van der Waals surface area contributed by atoms with Crippen molar-refractivity contribution in [1.29, 1.82) is 0 Å². The van der Waals surface area contributed by atoms with Crippen molar-refractivity contribution >= 4 is 27.8 Å². The van der Waals surface area contributed by atoms with Gasteiger partial charge in [0.05, 0.1) is 22.5 Å². The molecule has 1 aliphatic rings. The highest BCUT2D eigenvalue weighted by Crippen LogP contribution is 2.35. The summed E-state index contributed by atoms with van der Waals surface area (Å²) in [4.78, 5) is 27.3. The Morgan fingerprint density at radius 3 is 2.76 bits per heavy atom. The van der Waals surface area contributed by atoms with Crippen LogP contribution in [0.15, 0.2) is 41.7 Å². The second kappa shape index (κ2) is 9.30. The molecule has 1 atom stereocenters. The molecule has 196 valence electrons. The number of hydrogen-bond acceptors (Lipinski definition) is 7. The lowest BCUT2D eigenvalue weighted by Gasteiger charge is -2.21. The molecule has 0 saturated heterocycles. The van der Waals surface area contributed by atoms with Gasteiger partial charge in [-0.15, -0.1) is 0 Å². The Balaban J connectivity index is 1.56. The maximum atomic E-state index is 14.0. The quantitative estimate of drug-likeness (QED) is 0.329. The van der Waals surface area contributed by atoms with Crippen molar-refractivity contribution in [2.75, 3.05) is 5.73 Å². The van der Waals surface area contributed by atoms with E-state index in [0.717, 1.165) is 24.9 Å². The highest BCUT2D eigenvalue weighted by molar-refractivity contribution is 5.98. The van der Waals surface area contributed by atoms with E-state index in [9.17, 15) is 9.18 Å². The first-order valence-electron chi connectivity index (χ1n) is 13.1. The van der Waals surface area contributed by atoms with E-state index < -0.39 is 11.9 Å². The lowest BCUT2D eigenvalue weighted by Crippen LogP contribution is -2.30. The molecular formula is C27H30FN9O. The predicted octanol–water partition coefficient (Wildman–Crippen LogP) is 4.19. The zero-order valence-corrected chi connectivity index (χ0v) is 21.7. The summed E-state index contributed by atoms with van der Waals surface area (Å²) >= 11 is 0. The van der Waals surface area contributed by atoms with Crippen LogP contribution in [0.25, 0.3) is 33.2 Å². The molecule has 10 nitrogen and oxygen atoms in total. The van der Waals surface area contributed by atoms with Gasteiger partial charge in [-0.2, -0.15) is 10.2 Å². The van der Waals surface area contributed by atoms with Gasteiger partial charge in [0.1, 0.15) is 35.5 Å². The Kier molecular flexibility index (Phi) is 5.93. The molecule has 1 fully saturated rings. The molecule has 0 radical (unpaired) electrons. The van der Waals surface area contributed by atoms with Gasteiger partial charge in [-0.3, -0.25) is 14.0 Å². The van der Waals surface area contributed by atoms with Crippen LogP contribution < -0.4 is 11.3 Å². The molecule has 1 aromatic carbocycles. The molecule has 1 saturated carbocycles. The molecule has 2 N–H and O–H groups in total. The largest absolute Gasteiger partial charge is 0.383 e. The number of halogens is 1. The second-order valence-corrected chi connectivity index (χ2v) is 10.5. The summed E-state index contributed by atoms with van der Waals surface area (Å²) in [5.41, 5.74) is 8.57. The predicted molar refractivity (Wildman–Crippen MR) is 143 cm³/mol. The van der Waals surface area contributed by atoms with Crippen molar-refractivity contribution in [2.45, 2.75) is 59.2 Å². The van der Waals surface area contributed by atoms with Gasteiger partial charge in [0.15, 0.2) is 5.65 Å². The minimum Gasteiger partial charge on any atom is -0.383 e. The number of benzene rings is 1. The number of aromatic nitrogens is 8. The molecule has 0 amide bonds. The van der Waals surface area contributed by atoms with Crippen LogP contribution in [0.4, 0.5) is 10.2 Å². The molecule has 6 rings (SSSR count). The first kappa shape index (κ1) is 24.2. The standard InChI is InChI=1S/C27H30FN9O/c1-4-21(25-33-20-8-7-18(28)9-19(20)27(38)36(25)12-16-5-6-16)37-26-22(24(29)30-14-31-26)23(34-37)17-10-32-35(13-17)11-15(2)3/h7-10,13-16,21H,4-6,11-12H2,1-3H3,(H2,29,30,31)/t21-/m0/s1. The van der Waals surface area contributed by atoms with Gasteiger partial charge in [0.25, 0.3) is 5.56 Å². The van der Waals surface area contributed by atoms with E-state index in [0.29, 0.717) is 58.7 Å². The Labute approximate surface area is 218 Å². The molecule has 38 heavy (non-hydrogen) atoms. The van der Waals surface area contributed by atoms with Crippen LogP contribution in [-0.2, 0) is 13.1 Å². The normalized spacial score (nSPS) is 14.7. The molecule has 5 aromatic rings. The average molecular weight is 516 g/mol. The summed E-state index contributed by atoms with van der Waals surface area (Å²) in [7, 11) is 0. The van der Waals surface area contributed by atoms with E-state index in [-0.39, 0.29) is 10.9 Å². The summed E-state index contributed by atoms with van der Waals surface area (Å²) in [6.45, 7) is 7.60. The lowest BCUT2D eigenvalue weighted by atomic mass is 10.1. The Bertz CT molecular complexity index is 1710. The van der Waals surface area contributed by atoms with Crippen molar-refractivity contribution in [1.82, 2.24) is 39.1 Å². The van der Waals surface area contributed by atoms with E-state index in [2.05, 4.69) is 28.9 Å². The summed E-state index contributed by atoms with van der Waals surface area (Å²) in [5.74, 6) is 1.28. The van der Waals surface area contributed by atoms with E-state index in [1.54, 1.807) is 21.5 Å². The fourth-order valence-electron chi connectivity index (χ4n) is 5.04. The van der Waals surface area contributed by atoms with Crippen LogP contribution in [0.2, 0.25) is 0 Å². The van der Waals surface area contributed by atoms with Crippen molar-refractivity contribution < 1.29 is 4.39 Å². The molecule has 0 aliphatic heterocycles. The Morgan fingerprint density at radius 2 is 2.03 bits per heavy atom. The van der Waals surface area contributed by atoms with Crippen LogP contribution in [-0.4, -0.2) is 39.1 Å². The number of nitrogens with zero attached hydrogens (tertiary/aromatic N) is 8. The van der Waals surface area contributed by atoms with E-state index in [1.165, 1.54) is 18.5 Å². The van der Waals surface area contributed by atoms with Crippen molar-refractivity contribution in [3.63, 3.8) is 0 Å². The monoisotopic (exact) mass is 515 g/mol. The van der Waals surface area contributed by atoms with Gasteiger partial charge in [0.2, 0.25) is 0 Å². The molecular weight excluding hydrogens is 485 g/mol. The van der Waals surface area contributed by atoms with E-state index in [1.807, 2.05) is 17.8 Å². The third-order valence-electron chi connectivity index (χ3n) is 7.04. The van der Waals surface area contributed by atoms with Gasteiger partial charge in [0, 0.05) is 24.8 Å². The fraction of sp³-hybridized carbons (Fsp3) is 0.407. The SMILES string of the molecule is CC[C@@H](c1nc2ccc(F)cc2c(=O)n1CC1CC1)n1nc(-c2cnn(CC(C)C)c2)c2c(N)ncnc21. The van der Waals surface area contributed by atoms with Gasteiger partial charge < -0.3 is 5.73 Å². The first-order chi connectivity index (χ1) is 18.3. The number of nitrogens with two attached hydrogens (primary N) is 1. The zero-order chi connectivity index (χ0) is 26.6. The van der Waals surface area contributed by atoms with Crippen LogP contribution in [0.1, 0.15) is 51.9 Å². The molecule has 1 aliphatic carbocycles. The minimum absolute atomic E-state index is 0.240. The molecule has 0 spiro atoms. The fourth-order valence-corrected chi connectivity index (χ4v) is 5.04. The van der Waals surface area contributed by atoms with Crippen molar-refractivity contribution in [3.8, 4) is 11.3 Å². The third-order valence-corrected chi connectivity index (χ3v) is 7.04.